The van der Waals surface area contributed by atoms with E-state index in [2.05, 4.69) is 203 Å². The maximum absolute atomic E-state index is 6.44. The van der Waals surface area contributed by atoms with Crippen molar-refractivity contribution < 1.29 is 4.42 Å². The second kappa shape index (κ2) is 13.6. The predicted octanol–water partition coefficient (Wildman–Crippen LogP) is 14.5. The Bertz CT molecular complexity index is 3160. The van der Waals surface area contributed by atoms with Crippen LogP contribution in [0.2, 0.25) is 0 Å². The SMILES string of the molecule is c1ccc(-c2ccc(N(c3ccc(-c4cccc5c4oc4ccccc45)cc3)c3ccc(-c4ccccc4)c(-n4c5ccccc5c5ccncc54)c3)cc2)cc1. The number of benzene rings is 8. The highest BCUT2D eigenvalue weighted by Gasteiger charge is 2.20. The number of para-hydroxylation sites is 3. The summed E-state index contributed by atoms with van der Waals surface area (Å²) >= 11 is 0. The number of nitrogens with zero attached hydrogens (tertiary/aromatic N) is 3. The maximum atomic E-state index is 6.44. The van der Waals surface area contributed by atoms with Gasteiger partial charge in [-0.3, -0.25) is 4.98 Å². The van der Waals surface area contributed by atoms with Crippen molar-refractivity contribution in [2.75, 3.05) is 4.90 Å². The van der Waals surface area contributed by atoms with Crippen LogP contribution in [0.25, 0.3) is 82.8 Å². The average Bonchev–Trinajstić information content (AvgIpc) is 3.84. The molecule has 4 nitrogen and oxygen atoms in total. The van der Waals surface area contributed by atoms with E-state index in [1.807, 2.05) is 24.5 Å². The Balaban J connectivity index is 1.11. The van der Waals surface area contributed by atoms with E-state index in [0.717, 1.165) is 78.0 Å². The quantitative estimate of drug-likeness (QED) is 0.164. The Morgan fingerprint density at radius 3 is 1.75 bits per heavy atom. The van der Waals surface area contributed by atoms with Gasteiger partial charge in [-0.25, -0.2) is 0 Å². The third-order valence-electron chi connectivity index (χ3n) is 11.1. The van der Waals surface area contributed by atoms with E-state index in [1.54, 1.807) is 0 Å². The molecule has 3 aromatic heterocycles. The molecule has 0 fully saturated rings. The maximum Gasteiger partial charge on any atom is 0.143 e. The van der Waals surface area contributed by atoms with Crippen molar-refractivity contribution in [3.05, 3.63) is 213 Å². The first-order valence-corrected chi connectivity index (χ1v) is 19.3. The van der Waals surface area contributed by atoms with Crippen LogP contribution in [0.3, 0.4) is 0 Å². The minimum absolute atomic E-state index is 0.899. The van der Waals surface area contributed by atoms with Gasteiger partial charge in [0.2, 0.25) is 0 Å². The smallest absolute Gasteiger partial charge is 0.143 e. The van der Waals surface area contributed by atoms with Crippen LogP contribution in [0.1, 0.15) is 0 Å². The molecule has 0 saturated carbocycles. The number of furan rings is 1. The molecule has 4 heteroatoms. The van der Waals surface area contributed by atoms with Crippen LogP contribution in [-0.4, -0.2) is 9.55 Å². The number of pyridine rings is 1. The van der Waals surface area contributed by atoms with Gasteiger partial charge in [-0.2, -0.15) is 0 Å². The third kappa shape index (κ3) is 5.58. The zero-order valence-electron chi connectivity index (χ0n) is 31.0. The molecule has 0 saturated heterocycles. The second-order valence-electron chi connectivity index (χ2n) is 14.4. The van der Waals surface area contributed by atoms with Crippen LogP contribution in [0, 0.1) is 0 Å². The third-order valence-corrected chi connectivity index (χ3v) is 11.1. The van der Waals surface area contributed by atoms with E-state index in [0.29, 0.717) is 0 Å². The number of rotatable bonds is 7. The van der Waals surface area contributed by atoms with Crippen molar-refractivity contribution >= 4 is 60.8 Å². The Hall–Kier alpha value is -7.69. The highest BCUT2D eigenvalue weighted by molar-refractivity contribution is 6.10. The van der Waals surface area contributed by atoms with Gasteiger partial charge in [0, 0.05) is 55.9 Å². The van der Waals surface area contributed by atoms with Gasteiger partial charge in [-0.05, 0) is 76.9 Å². The van der Waals surface area contributed by atoms with Crippen LogP contribution in [0.4, 0.5) is 17.1 Å². The van der Waals surface area contributed by atoms with Crippen LogP contribution < -0.4 is 4.90 Å². The zero-order chi connectivity index (χ0) is 37.7. The van der Waals surface area contributed by atoms with Crippen molar-refractivity contribution in [3.63, 3.8) is 0 Å². The Labute approximate surface area is 330 Å². The standard InChI is InChI=1S/C53H35N3O/c1-3-12-36(13-4-1)37-22-26-40(27-23-37)55(41-28-24-39(25-29-41)44-18-11-19-48-47-17-8-10-21-52(47)57-53(44)48)42-30-31-43(38-14-5-2-6-15-38)50(34-42)56-49-20-9-7-16-45(49)46-32-33-54-35-51(46)56/h1-35H. The summed E-state index contributed by atoms with van der Waals surface area (Å²) in [4.78, 5) is 6.96. The van der Waals surface area contributed by atoms with Crippen molar-refractivity contribution in [2.45, 2.75) is 0 Å². The van der Waals surface area contributed by atoms with Crippen molar-refractivity contribution in [1.29, 1.82) is 0 Å². The normalized spacial score (nSPS) is 11.5. The van der Waals surface area contributed by atoms with Crippen LogP contribution in [0.5, 0.6) is 0 Å². The van der Waals surface area contributed by atoms with Gasteiger partial charge in [-0.15, -0.1) is 0 Å². The predicted molar refractivity (Wildman–Crippen MR) is 237 cm³/mol. The van der Waals surface area contributed by atoms with Crippen molar-refractivity contribution in [3.8, 4) is 39.1 Å². The van der Waals surface area contributed by atoms with E-state index in [4.69, 9.17) is 4.42 Å². The molecule has 0 N–H and O–H groups in total. The molecule has 8 aromatic carbocycles. The molecule has 11 rings (SSSR count). The van der Waals surface area contributed by atoms with Gasteiger partial charge >= 0.3 is 0 Å². The highest BCUT2D eigenvalue weighted by atomic mass is 16.3. The summed E-state index contributed by atoms with van der Waals surface area (Å²) in [5.41, 5.74) is 15.1. The molecule has 0 spiro atoms. The number of hydrogen-bond donors (Lipinski definition) is 0. The lowest BCUT2D eigenvalue weighted by Crippen LogP contribution is -2.11. The van der Waals surface area contributed by atoms with Crippen molar-refractivity contribution in [1.82, 2.24) is 9.55 Å². The van der Waals surface area contributed by atoms with E-state index in [1.165, 1.54) is 21.9 Å². The number of hydrogen-bond acceptors (Lipinski definition) is 3. The topological polar surface area (TPSA) is 34.2 Å². The average molecular weight is 730 g/mol. The highest BCUT2D eigenvalue weighted by Crippen LogP contribution is 2.43. The minimum Gasteiger partial charge on any atom is -0.455 e. The Morgan fingerprint density at radius 1 is 0.404 bits per heavy atom. The number of aromatic nitrogens is 2. The van der Waals surface area contributed by atoms with Gasteiger partial charge in [0.25, 0.3) is 0 Å². The van der Waals surface area contributed by atoms with E-state index >= 15 is 0 Å². The Kier molecular flexibility index (Phi) is 7.78. The lowest BCUT2D eigenvalue weighted by atomic mass is 10.0. The van der Waals surface area contributed by atoms with Crippen LogP contribution in [0.15, 0.2) is 217 Å². The molecule has 0 amide bonds. The fourth-order valence-corrected chi connectivity index (χ4v) is 8.43. The molecule has 0 atom stereocenters. The molecule has 57 heavy (non-hydrogen) atoms. The first-order chi connectivity index (χ1) is 28.3. The molecule has 0 aliphatic rings. The summed E-state index contributed by atoms with van der Waals surface area (Å²) < 4.78 is 8.81. The zero-order valence-corrected chi connectivity index (χ0v) is 31.0. The summed E-state index contributed by atoms with van der Waals surface area (Å²) in [6.45, 7) is 0. The molecular formula is C53H35N3O. The molecule has 0 bridgehead atoms. The van der Waals surface area contributed by atoms with Crippen LogP contribution >= 0.6 is 0 Å². The van der Waals surface area contributed by atoms with Gasteiger partial charge in [-0.1, -0.05) is 146 Å². The lowest BCUT2D eigenvalue weighted by Gasteiger charge is -2.27. The monoisotopic (exact) mass is 729 g/mol. The van der Waals surface area contributed by atoms with E-state index in [-0.39, 0.29) is 0 Å². The summed E-state index contributed by atoms with van der Waals surface area (Å²) in [5, 5.41) is 4.62. The first kappa shape index (κ1) is 32.7. The molecule has 0 aliphatic heterocycles. The molecule has 268 valence electrons. The fraction of sp³-hybridized carbons (Fsp3) is 0. The summed E-state index contributed by atoms with van der Waals surface area (Å²) in [7, 11) is 0. The van der Waals surface area contributed by atoms with Crippen LogP contribution in [-0.2, 0) is 0 Å². The minimum atomic E-state index is 0.899. The Morgan fingerprint density at radius 2 is 0.982 bits per heavy atom. The van der Waals surface area contributed by atoms with Gasteiger partial charge < -0.3 is 13.9 Å². The van der Waals surface area contributed by atoms with Gasteiger partial charge in [0.15, 0.2) is 0 Å². The largest absolute Gasteiger partial charge is 0.455 e. The first-order valence-electron chi connectivity index (χ1n) is 19.3. The summed E-state index contributed by atoms with van der Waals surface area (Å²) in [5.74, 6) is 0. The van der Waals surface area contributed by atoms with E-state index < -0.39 is 0 Å². The molecule has 0 radical (unpaired) electrons. The molecular weight excluding hydrogens is 695 g/mol. The number of anilines is 3. The number of fused-ring (bicyclic) bond motifs is 6. The fourth-order valence-electron chi connectivity index (χ4n) is 8.43. The molecule has 0 aliphatic carbocycles. The molecule has 0 unspecified atom stereocenters. The second-order valence-corrected chi connectivity index (χ2v) is 14.4. The van der Waals surface area contributed by atoms with E-state index in [9.17, 15) is 0 Å². The summed E-state index contributed by atoms with van der Waals surface area (Å²) in [6, 6.07) is 71.2. The summed E-state index contributed by atoms with van der Waals surface area (Å²) in [6.07, 6.45) is 3.87. The van der Waals surface area contributed by atoms with Crippen molar-refractivity contribution in [2.24, 2.45) is 0 Å². The van der Waals surface area contributed by atoms with Gasteiger partial charge in [0.05, 0.1) is 22.9 Å². The lowest BCUT2D eigenvalue weighted by molar-refractivity contribution is 0.670. The van der Waals surface area contributed by atoms with Gasteiger partial charge in [0.1, 0.15) is 11.2 Å². The molecule has 3 heterocycles. The molecule has 11 aromatic rings.